The summed E-state index contributed by atoms with van der Waals surface area (Å²) >= 11 is 0. The molecule has 3 aliphatic rings. The Hall–Kier alpha value is -11.3. The lowest BCUT2D eigenvalue weighted by molar-refractivity contribution is 0.457. The number of fused-ring (bicyclic) bond motifs is 8. The van der Waals surface area contributed by atoms with E-state index in [-0.39, 0.29) is 11.3 Å². The maximum Gasteiger partial charge on any atom is 0.0714 e. The molecule has 2 heteroatoms. The van der Waals surface area contributed by atoms with Gasteiger partial charge in [0.25, 0.3) is 0 Å². The standard InChI is InChI=1S/C88H62N2/c1-5-25-69(26-6-1)87(70-27-7-2-8-28-70)83-35-19-17-33-79(83)81-55-53-77(59-85(81)87)89(75-51-45-61-21-13-15-23-67(61)57-75)73-47-41-65(42-48-73)63-37-39-64(40-38-63)66-43-49-74(50-44-66)90(76-52-46-62-22-14-16-24-68(62)58-76)78-54-56-82-80-34-18-20-36-84(80)88(86(82)60-78,71-29-9-3-10-30-71)72-31-11-4-12-32-72/h1-31,33-60,72H,32H2. The van der Waals surface area contributed by atoms with Gasteiger partial charge in [-0.3, -0.25) is 0 Å². The molecule has 17 rings (SSSR count). The van der Waals surface area contributed by atoms with Crippen LogP contribution in [-0.2, 0) is 10.8 Å². The normalized spacial score (nSPS) is 15.7. The molecular weight excluding hydrogens is 1080 g/mol. The van der Waals surface area contributed by atoms with E-state index in [1.165, 1.54) is 88.3 Å². The summed E-state index contributed by atoms with van der Waals surface area (Å²) in [7, 11) is 0. The summed E-state index contributed by atoms with van der Waals surface area (Å²) in [4.78, 5) is 4.88. The van der Waals surface area contributed by atoms with Crippen LogP contribution in [0.5, 0.6) is 0 Å². The predicted molar refractivity (Wildman–Crippen MR) is 377 cm³/mol. The summed E-state index contributed by atoms with van der Waals surface area (Å²) in [5, 5.41) is 4.85. The van der Waals surface area contributed by atoms with Crippen LogP contribution in [-0.4, -0.2) is 0 Å². The van der Waals surface area contributed by atoms with Crippen LogP contribution in [0.2, 0.25) is 0 Å². The van der Waals surface area contributed by atoms with Crippen molar-refractivity contribution in [1.82, 2.24) is 0 Å². The van der Waals surface area contributed by atoms with Crippen molar-refractivity contribution in [2.45, 2.75) is 17.3 Å². The Balaban J connectivity index is 0.719. The first-order chi connectivity index (χ1) is 44.6. The summed E-state index contributed by atoms with van der Waals surface area (Å²) in [5.41, 5.74) is 24.6. The third-order valence-corrected chi connectivity index (χ3v) is 19.6. The Bertz CT molecular complexity index is 5040. The monoisotopic (exact) mass is 1150 g/mol. The molecule has 90 heavy (non-hydrogen) atoms. The molecule has 14 aromatic carbocycles. The molecule has 0 radical (unpaired) electrons. The molecule has 0 heterocycles. The van der Waals surface area contributed by atoms with E-state index in [2.05, 4.69) is 368 Å². The smallest absolute Gasteiger partial charge is 0.0714 e. The molecule has 424 valence electrons. The first-order valence-electron chi connectivity index (χ1n) is 31.5. The minimum atomic E-state index is -0.519. The van der Waals surface area contributed by atoms with E-state index >= 15 is 0 Å². The van der Waals surface area contributed by atoms with Gasteiger partial charge in [-0.05, 0) is 190 Å². The second kappa shape index (κ2) is 21.8. The van der Waals surface area contributed by atoms with Gasteiger partial charge < -0.3 is 9.80 Å². The molecule has 0 bridgehead atoms. The highest BCUT2D eigenvalue weighted by Crippen LogP contribution is 2.60. The van der Waals surface area contributed by atoms with Gasteiger partial charge in [0, 0.05) is 34.1 Å². The lowest BCUT2D eigenvalue weighted by Crippen LogP contribution is -2.35. The van der Waals surface area contributed by atoms with Gasteiger partial charge in [0.15, 0.2) is 0 Å². The fourth-order valence-electron chi connectivity index (χ4n) is 15.5. The van der Waals surface area contributed by atoms with E-state index in [9.17, 15) is 0 Å². The summed E-state index contributed by atoms with van der Waals surface area (Å²) < 4.78 is 0. The number of hydrogen-bond donors (Lipinski definition) is 0. The molecule has 0 saturated heterocycles. The van der Waals surface area contributed by atoms with Gasteiger partial charge >= 0.3 is 0 Å². The highest BCUT2D eigenvalue weighted by atomic mass is 15.1. The van der Waals surface area contributed by atoms with Crippen LogP contribution >= 0.6 is 0 Å². The highest BCUT2D eigenvalue weighted by molar-refractivity contribution is 5.95. The summed E-state index contributed by atoms with van der Waals surface area (Å²) in [6.07, 6.45) is 10.2. The Kier molecular flexibility index (Phi) is 12.8. The number of benzene rings is 14. The van der Waals surface area contributed by atoms with Crippen molar-refractivity contribution < 1.29 is 0 Å². The highest BCUT2D eigenvalue weighted by Gasteiger charge is 2.50. The second-order valence-electron chi connectivity index (χ2n) is 24.3. The maximum atomic E-state index is 2.50. The van der Waals surface area contributed by atoms with E-state index in [0.29, 0.717) is 0 Å². The lowest BCUT2D eigenvalue weighted by Gasteiger charge is -2.40. The largest absolute Gasteiger partial charge is 0.310 e. The van der Waals surface area contributed by atoms with Gasteiger partial charge in [-0.2, -0.15) is 0 Å². The minimum Gasteiger partial charge on any atom is -0.310 e. The molecule has 0 saturated carbocycles. The molecule has 0 spiro atoms. The van der Waals surface area contributed by atoms with Crippen LogP contribution in [0.25, 0.3) is 66.1 Å². The Morgan fingerprint density at radius 3 is 1.12 bits per heavy atom. The van der Waals surface area contributed by atoms with Crippen molar-refractivity contribution in [2.75, 3.05) is 9.80 Å². The van der Waals surface area contributed by atoms with Gasteiger partial charge in [-0.15, -0.1) is 0 Å². The Morgan fingerprint density at radius 2 is 0.622 bits per heavy atom. The van der Waals surface area contributed by atoms with Crippen LogP contribution in [0.4, 0.5) is 34.1 Å². The van der Waals surface area contributed by atoms with E-state index in [1.807, 2.05) is 0 Å². The Morgan fingerprint density at radius 1 is 0.256 bits per heavy atom. The van der Waals surface area contributed by atoms with Crippen molar-refractivity contribution in [1.29, 1.82) is 0 Å². The van der Waals surface area contributed by atoms with Gasteiger partial charge in [0.2, 0.25) is 0 Å². The van der Waals surface area contributed by atoms with Crippen LogP contribution in [0, 0.1) is 5.92 Å². The van der Waals surface area contributed by atoms with Gasteiger partial charge in [0.05, 0.1) is 10.8 Å². The van der Waals surface area contributed by atoms with Crippen molar-refractivity contribution in [3.05, 3.63) is 397 Å². The first kappa shape index (κ1) is 53.0. The quantitative estimate of drug-likeness (QED) is 0.120. The first-order valence-corrected chi connectivity index (χ1v) is 31.5. The van der Waals surface area contributed by atoms with Crippen LogP contribution < -0.4 is 9.80 Å². The molecule has 14 aromatic rings. The van der Waals surface area contributed by atoms with E-state index in [0.717, 1.165) is 57.2 Å². The number of hydrogen-bond acceptors (Lipinski definition) is 2. The molecule has 2 nitrogen and oxygen atoms in total. The second-order valence-corrected chi connectivity index (χ2v) is 24.3. The summed E-state index contributed by atoms with van der Waals surface area (Å²) in [5.74, 6) is 0.233. The molecule has 3 aliphatic carbocycles. The molecule has 0 aliphatic heterocycles. The minimum absolute atomic E-state index is 0.233. The van der Waals surface area contributed by atoms with Crippen molar-refractivity contribution in [3.63, 3.8) is 0 Å². The fraction of sp³-hybridized carbons (Fsp3) is 0.0455. The van der Waals surface area contributed by atoms with Crippen molar-refractivity contribution in [2.24, 2.45) is 5.92 Å². The summed E-state index contributed by atoms with van der Waals surface area (Å²) in [6, 6.07) is 124. The molecule has 0 fully saturated rings. The number of anilines is 6. The zero-order valence-electron chi connectivity index (χ0n) is 49.7. The molecular formula is C88H62N2. The zero-order valence-corrected chi connectivity index (χ0v) is 49.7. The lowest BCUT2D eigenvalue weighted by atomic mass is 9.62. The number of allylic oxidation sites excluding steroid dienone is 4. The molecule has 2 atom stereocenters. The average molecular weight is 1150 g/mol. The maximum absolute atomic E-state index is 2.50. The van der Waals surface area contributed by atoms with Crippen molar-refractivity contribution in [3.8, 4) is 44.5 Å². The predicted octanol–water partition coefficient (Wildman–Crippen LogP) is 23.1. The van der Waals surface area contributed by atoms with E-state index in [4.69, 9.17) is 0 Å². The van der Waals surface area contributed by atoms with E-state index < -0.39 is 5.41 Å². The third-order valence-electron chi connectivity index (χ3n) is 19.6. The molecule has 0 aromatic heterocycles. The fourth-order valence-corrected chi connectivity index (χ4v) is 15.5. The summed E-state index contributed by atoms with van der Waals surface area (Å²) in [6.45, 7) is 0. The zero-order chi connectivity index (χ0) is 59.6. The third kappa shape index (κ3) is 8.55. The topological polar surface area (TPSA) is 6.48 Å². The molecule has 0 N–H and O–H groups in total. The number of rotatable bonds is 12. The van der Waals surface area contributed by atoms with Gasteiger partial charge in [-0.1, -0.05) is 285 Å². The Labute approximate surface area is 526 Å². The van der Waals surface area contributed by atoms with Gasteiger partial charge in [0.1, 0.15) is 0 Å². The van der Waals surface area contributed by atoms with Crippen molar-refractivity contribution >= 4 is 55.7 Å². The number of nitrogens with zero attached hydrogens (tertiary/aromatic N) is 2. The SMILES string of the molecule is C1=CCC(C2(c3ccccc3)c3ccccc3-c3ccc(N(c4ccc(-c5ccc(-c6ccc(N(c7ccc8c(c7)C(c7ccccc7)(c7ccccc7)c7ccccc7-8)c7ccc8ccccc8c7)cc6)cc5)cc4)c4ccc5ccccc5c4)cc32)C=C1. The molecule has 0 amide bonds. The van der Waals surface area contributed by atoms with Crippen LogP contribution in [0.3, 0.4) is 0 Å². The van der Waals surface area contributed by atoms with Crippen LogP contribution in [0.15, 0.2) is 358 Å². The van der Waals surface area contributed by atoms with Gasteiger partial charge in [-0.25, -0.2) is 0 Å². The molecule has 2 unspecified atom stereocenters. The van der Waals surface area contributed by atoms with Crippen LogP contribution in [0.1, 0.15) is 45.4 Å². The average Bonchev–Trinajstić information content (AvgIpc) is 1.55. The van der Waals surface area contributed by atoms with E-state index in [1.54, 1.807) is 0 Å².